The second-order valence-corrected chi connectivity index (χ2v) is 10.8. The Morgan fingerprint density at radius 1 is 1.00 bits per heavy atom. The summed E-state index contributed by atoms with van der Waals surface area (Å²) in [5.74, 6) is 1.09. The fourth-order valence-electron chi connectivity index (χ4n) is 5.23. The van der Waals surface area contributed by atoms with Crippen LogP contribution in [0.25, 0.3) is 11.1 Å². The van der Waals surface area contributed by atoms with E-state index in [1.807, 2.05) is 35.2 Å². The lowest BCUT2D eigenvalue weighted by Crippen LogP contribution is -2.36. The summed E-state index contributed by atoms with van der Waals surface area (Å²) >= 11 is 0. The van der Waals surface area contributed by atoms with Crippen molar-refractivity contribution >= 4 is 23.2 Å². The van der Waals surface area contributed by atoms with Gasteiger partial charge in [0.25, 0.3) is 0 Å². The number of methoxy groups -OCH3 is 1. The molecule has 3 aromatic rings. The number of carbonyl (C=O) groups is 2. The highest BCUT2D eigenvalue weighted by atomic mass is 16.5. The second kappa shape index (κ2) is 13.7. The Balaban J connectivity index is 1.37. The van der Waals surface area contributed by atoms with Gasteiger partial charge in [0, 0.05) is 32.1 Å². The van der Waals surface area contributed by atoms with Gasteiger partial charge in [0.15, 0.2) is 0 Å². The third-order valence-electron chi connectivity index (χ3n) is 7.65. The van der Waals surface area contributed by atoms with Gasteiger partial charge in [-0.3, -0.25) is 9.59 Å². The Kier molecular flexibility index (Phi) is 9.54. The first-order chi connectivity index (χ1) is 20.0. The summed E-state index contributed by atoms with van der Waals surface area (Å²) in [6.45, 7) is 4.66. The van der Waals surface area contributed by atoms with Crippen LogP contribution >= 0.6 is 0 Å². The molecule has 1 aliphatic carbocycles. The number of benzene rings is 3. The summed E-state index contributed by atoms with van der Waals surface area (Å²) in [6.07, 6.45) is 3.03. The quantitative estimate of drug-likeness (QED) is 0.342. The molecule has 5 rings (SSSR count). The highest BCUT2D eigenvalue weighted by Gasteiger charge is 2.33. The van der Waals surface area contributed by atoms with Crippen LogP contribution in [0, 0.1) is 5.92 Å². The Morgan fingerprint density at radius 3 is 2.46 bits per heavy atom. The highest BCUT2D eigenvalue weighted by Crippen LogP contribution is 2.34. The van der Waals surface area contributed by atoms with Crippen molar-refractivity contribution in [3.8, 4) is 16.9 Å². The molecule has 0 spiro atoms. The van der Waals surface area contributed by atoms with Crippen molar-refractivity contribution in [3.05, 3.63) is 77.9 Å². The largest absolute Gasteiger partial charge is 0.497 e. The van der Waals surface area contributed by atoms with Crippen LogP contribution in [0.15, 0.2) is 66.7 Å². The number of hydrogen-bond acceptors (Lipinski definition) is 6. The highest BCUT2D eigenvalue weighted by molar-refractivity contribution is 5.96. The molecule has 1 saturated heterocycles. The molecule has 0 aromatic heterocycles. The molecule has 2 aliphatic rings. The fraction of sp³-hybridized carbons (Fsp3) is 0.394. The first kappa shape index (κ1) is 28.6. The molecule has 2 amide bonds. The van der Waals surface area contributed by atoms with Crippen LogP contribution in [0.5, 0.6) is 5.75 Å². The van der Waals surface area contributed by atoms with Crippen LogP contribution in [0.1, 0.15) is 30.4 Å². The lowest BCUT2D eigenvalue weighted by atomic mass is 10.0. The van der Waals surface area contributed by atoms with Gasteiger partial charge in [-0.25, -0.2) is 0 Å². The molecule has 3 N–H and O–H groups in total. The van der Waals surface area contributed by atoms with Crippen molar-refractivity contribution in [2.45, 2.75) is 32.2 Å². The fourth-order valence-corrected chi connectivity index (χ4v) is 5.23. The van der Waals surface area contributed by atoms with Crippen LogP contribution in [0.4, 0.5) is 11.4 Å². The summed E-state index contributed by atoms with van der Waals surface area (Å²) < 4.78 is 10.8. The SMILES string of the molecule is COc1ccc(CC(=O)Nc2cc(-c3cccc(CN(CCCN)C(=O)C4CC4)c3)ccc2N2CCOCC2)cc1. The minimum Gasteiger partial charge on any atom is -0.497 e. The average Bonchev–Trinajstić information content (AvgIpc) is 3.86. The van der Waals surface area contributed by atoms with Crippen molar-refractivity contribution < 1.29 is 19.1 Å². The zero-order valence-electron chi connectivity index (χ0n) is 23.8. The summed E-state index contributed by atoms with van der Waals surface area (Å²) in [5.41, 5.74) is 11.6. The van der Waals surface area contributed by atoms with E-state index >= 15 is 0 Å². The number of rotatable bonds is 12. The first-order valence-electron chi connectivity index (χ1n) is 14.5. The van der Waals surface area contributed by atoms with E-state index in [-0.39, 0.29) is 24.2 Å². The van der Waals surface area contributed by atoms with E-state index in [1.165, 1.54) is 0 Å². The summed E-state index contributed by atoms with van der Waals surface area (Å²) in [5, 5.41) is 3.18. The van der Waals surface area contributed by atoms with E-state index in [4.69, 9.17) is 15.2 Å². The van der Waals surface area contributed by atoms with Gasteiger partial charge in [-0.05, 0) is 78.4 Å². The van der Waals surface area contributed by atoms with Crippen LogP contribution in [-0.2, 0) is 27.3 Å². The molecule has 216 valence electrons. The number of anilines is 2. The third-order valence-corrected chi connectivity index (χ3v) is 7.65. The van der Waals surface area contributed by atoms with E-state index in [2.05, 4.69) is 46.6 Å². The molecular formula is C33H40N4O4. The molecule has 0 bridgehead atoms. The maximum Gasteiger partial charge on any atom is 0.228 e. The summed E-state index contributed by atoms with van der Waals surface area (Å²) in [4.78, 5) is 30.3. The van der Waals surface area contributed by atoms with Crippen LogP contribution < -0.4 is 20.7 Å². The van der Waals surface area contributed by atoms with E-state index < -0.39 is 0 Å². The number of ether oxygens (including phenoxy) is 2. The van der Waals surface area contributed by atoms with E-state index in [0.717, 1.165) is 71.7 Å². The predicted molar refractivity (Wildman–Crippen MR) is 162 cm³/mol. The van der Waals surface area contributed by atoms with Gasteiger partial charge in [-0.1, -0.05) is 36.4 Å². The van der Waals surface area contributed by atoms with E-state index in [1.54, 1.807) is 7.11 Å². The molecule has 1 heterocycles. The Hall–Kier alpha value is -3.88. The number of morpholine rings is 1. The van der Waals surface area contributed by atoms with Crippen molar-refractivity contribution in [2.75, 3.05) is 56.7 Å². The maximum atomic E-state index is 13.2. The minimum absolute atomic E-state index is 0.0790. The van der Waals surface area contributed by atoms with Gasteiger partial charge in [-0.15, -0.1) is 0 Å². The lowest BCUT2D eigenvalue weighted by Gasteiger charge is -2.31. The zero-order valence-corrected chi connectivity index (χ0v) is 23.8. The van der Waals surface area contributed by atoms with Crippen molar-refractivity contribution in [3.63, 3.8) is 0 Å². The smallest absolute Gasteiger partial charge is 0.228 e. The van der Waals surface area contributed by atoms with Crippen molar-refractivity contribution in [1.82, 2.24) is 4.90 Å². The van der Waals surface area contributed by atoms with Crippen LogP contribution in [0.3, 0.4) is 0 Å². The van der Waals surface area contributed by atoms with Gasteiger partial charge in [0.05, 0.1) is 38.1 Å². The molecule has 1 aliphatic heterocycles. The standard InChI is InChI=1S/C33H40N4O4/c1-40-29-11-6-24(7-12-29)21-32(38)35-30-22-28(10-13-31(30)36-16-18-41-19-17-36)27-5-2-4-25(20-27)23-37(15-3-14-34)33(39)26-8-9-26/h2,4-7,10-13,20,22,26H,3,8-9,14-19,21,23,34H2,1H3,(H,35,38). The van der Waals surface area contributed by atoms with Crippen molar-refractivity contribution in [2.24, 2.45) is 11.7 Å². The molecule has 8 nitrogen and oxygen atoms in total. The lowest BCUT2D eigenvalue weighted by molar-refractivity contribution is -0.133. The molecule has 0 unspecified atom stereocenters. The number of nitrogens with two attached hydrogens (primary N) is 1. The maximum absolute atomic E-state index is 13.2. The first-order valence-corrected chi connectivity index (χ1v) is 14.5. The third kappa shape index (κ3) is 7.65. The minimum atomic E-state index is -0.0790. The normalized spacial score (nSPS) is 14.9. The summed E-state index contributed by atoms with van der Waals surface area (Å²) in [7, 11) is 1.63. The van der Waals surface area contributed by atoms with Crippen LogP contribution in [-0.4, -0.2) is 63.2 Å². The molecule has 0 radical (unpaired) electrons. The van der Waals surface area contributed by atoms with Gasteiger partial charge in [-0.2, -0.15) is 0 Å². The van der Waals surface area contributed by atoms with Crippen LogP contribution in [0.2, 0.25) is 0 Å². The predicted octanol–water partition coefficient (Wildman–Crippen LogP) is 4.47. The summed E-state index contributed by atoms with van der Waals surface area (Å²) in [6, 6.07) is 22.1. The Morgan fingerprint density at radius 2 is 1.76 bits per heavy atom. The Bertz CT molecular complexity index is 1330. The van der Waals surface area contributed by atoms with E-state index in [9.17, 15) is 9.59 Å². The molecule has 2 fully saturated rings. The monoisotopic (exact) mass is 556 g/mol. The topological polar surface area (TPSA) is 97.1 Å². The molecule has 1 saturated carbocycles. The molecule has 8 heteroatoms. The average molecular weight is 557 g/mol. The molecular weight excluding hydrogens is 516 g/mol. The number of hydrogen-bond donors (Lipinski definition) is 2. The van der Waals surface area contributed by atoms with Gasteiger partial charge >= 0.3 is 0 Å². The molecule has 0 atom stereocenters. The number of nitrogens with zero attached hydrogens (tertiary/aromatic N) is 2. The van der Waals surface area contributed by atoms with Gasteiger partial charge < -0.3 is 30.3 Å². The van der Waals surface area contributed by atoms with Gasteiger partial charge in [0.1, 0.15) is 5.75 Å². The van der Waals surface area contributed by atoms with E-state index in [0.29, 0.717) is 32.8 Å². The molecule has 3 aromatic carbocycles. The zero-order chi connectivity index (χ0) is 28.6. The molecule has 41 heavy (non-hydrogen) atoms. The van der Waals surface area contributed by atoms with Crippen molar-refractivity contribution in [1.29, 1.82) is 0 Å². The number of amides is 2. The number of nitrogens with one attached hydrogen (secondary N) is 1. The number of carbonyl (C=O) groups excluding carboxylic acids is 2. The second-order valence-electron chi connectivity index (χ2n) is 10.8. The Labute approximate surface area is 242 Å². The van der Waals surface area contributed by atoms with Gasteiger partial charge in [0.2, 0.25) is 11.8 Å².